The molecule has 0 saturated carbocycles. The van der Waals surface area contributed by atoms with Crippen molar-refractivity contribution in [3.8, 4) is 11.5 Å². The highest BCUT2D eigenvalue weighted by Gasteiger charge is 2.44. The van der Waals surface area contributed by atoms with Crippen LogP contribution < -0.4 is 14.8 Å². The van der Waals surface area contributed by atoms with Crippen LogP contribution in [0, 0.1) is 6.92 Å². The van der Waals surface area contributed by atoms with E-state index in [1.807, 2.05) is 6.07 Å². The number of pyridine rings is 1. The van der Waals surface area contributed by atoms with E-state index in [1.54, 1.807) is 55.5 Å². The van der Waals surface area contributed by atoms with Gasteiger partial charge in [-0.05, 0) is 36.2 Å². The van der Waals surface area contributed by atoms with Crippen LogP contribution >= 0.6 is 0 Å². The molecule has 3 heterocycles. The molecule has 31 heavy (non-hydrogen) atoms. The SMILES string of the molecule is COc1cc2c(cc1OC)C(C(=O)Nc1cc(C)on1)C(c1cccnc1)N(C)C2=O. The first kappa shape index (κ1) is 20.4. The third kappa shape index (κ3) is 3.58. The highest BCUT2D eigenvalue weighted by molar-refractivity contribution is 6.04. The lowest BCUT2D eigenvalue weighted by molar-refractivity contribution is -0.119. The number of aromatic nitrogens is 2. The number of ether oxygens (including phenoxy) is 2. The number of benzene rings is 1. The number of hydrogen-bond acceptors (Lipinski definition) is 7. The minimum atomic E-state index is -0.751. The topological polar surface area (TPSA) is 107 Å². The summed E-state index contributed by atoms with van der Waals surface area (Å²) in [4.78, 5) is 32.5. The molecule has 0 saturated heterocycles. The summed E-state index contributed by atoms with van der Waals surface area (Å²) in [7, 11) is 4.67. The Morgan fingerprint density at radius 2 is 1.94 bits per heavy atom. The van der Waals surface area contributed by atoms with E-state index in [4.69, 9.17) is 14.0 Å². The Hall–Kier alpha value is -3.88. The van der Waals surface area contributed by atoms with E-state index in [0.717, 1.165) is 5.56 Å². The second-order valence-electron chi connectivity index (χ2n) is 7.23. The van der Waals surface area contributed by atoms with E-state index in [-0.39, 0.29) is 11.8 Å². The number of aryl methyl sites for hydroxylation is 1. The van der Waals surface area contributed by atoms with E-state index < -0.39 is 12.0 Å². The van der Waals surface area contributed by atoms with Gasteiger partial charge in [-0.15, -0.1) is 0 Å². The Labute approximate surface area is 179 Å². The van der Waals surface area contributed by atoms with E-state index >= 15 is 0 Å². The number of fused-ring (bicyclic) bond motifs is 1. The van der Waals surface area contributed by atoms with E-state index in [1.165, 1.54) is 14.2 Å². The van der Waals surface area contributed by atoms with E-state index in [9.17, 15) is 9.59 Å². The predicted octanol–water partition coefficient (Wildman–Crippen LogP) is 2.94. The fourth-order valence-electron chi connectivity index (χ4n) is 3.93. The maximum atomic E-state index is 13.5. The molecule has 0 fully saturated rings. The van der Waals surface area contributed by atoms with Crippen LogP contribution in [-0.2, 0) is 4.79 Å². The molecule has 2 atom stereocenters. The number of methoxy groups -OCH3 is 2. The van der Waals surface area contributed by atoms with Gasteiger partial charge in [-0.25, -0.2) is 0 Å². The van der Waals surface area contributed by atoms with Crippen LogP contribution in [0.5, 0.6) is 11.5 Å². The normalized spacial score (nSPS) is 17.8. The van der Waals surface area contributed by atoms with Crippen molar-refractivity contribution >= 4 is 17.6 Å². The summed E-state index contributed by atoms with van der Waals surface area (Å²) in [6, 6.07) is 7.94. The van der Waals surface area contributed by atoms with E-state index in [0.29, 0.717) is 34.2 Å². The van der Waals surface area contributed by atoms with Crippen molar-refractivity contribution < 1.29 is 23.6 Å². The monoisotopic (exact) mass is 422 g/mol. The van der Waals surface area contributed by atoms with Crippen molar-refractivity contribution in [2.45, 2.75) is 18.9 Å². The molecule has 0 spiro atoms. The molecule has 160 valence electrons. The molecule has 0 radical (unpaired) electrons. The molecular weight excluding hydrogens is 400 g/mol. The second-order valence-corrected chi connectivity index (χ2v) is 7.23. The summed E-state index contributed by atoms with van der Waals surface area (Å²) in [5.74, 6) is 0.392. The zero-order chi connectivity index (χ0) is 22.1. The van der Waals surface area contributed by atoms with E-state index in [2.05, 4.69) is 15.5 Å². The minimum Gasteiger partial charge on any atom is -0.493 e. The molecule has 0 bridgehead atoms. The Bertz CT molecular complexity index is 1130. The Morgan fingerprint density at radius 3 is 2.55 bits per heavy atom. The van der Waals surface area contributed by atoms with Crippen molar-refractivity contribution in [2.75, 3.05) is 26.6 Å². The maximum Gasteiger partial charge on any atom is 0.254 e. The standard InChI is InChI=1S/C22H22N4O5/c1-12-8-18(25-31-12)24-21(27)19-14-9-16(29-3)17(30-4)10-15(14)22(28)26(2)20(19)13-6-5-7-23-11-13/h5-11,19-20H,1-4H3,(H,24,25,27). The second kappa shape index (κ2) is 8.10. The molecule has 4 rings (SSSR count). The smallest absolute Gasteiger partial charge is 0.254 e. The third-order valence-electron chi connectivity index (χ3n) is 5.36. The Morgan fingerprint density at radius 1 is 1.19 bits per heavy atom. The summed E-state index contributed by atoms with van der Waals surface area (Å²) in [5, 5.41) is 6.66. The zero-order valence-corrected chi connectivity index (χ0v) is 17.6. The predicted molar refractivity (Wildman–Crippen MR) is 111 cm³/mol. The molecular formula is C22H22N4O5. The first-order valence-electron chi connectivity index (χ1n) is 9.61. The summed E-state index contributed by atoms with van der Waals surface area (Å²) < 4.78 is 15.9. The number of carbonyl (C=O) groups excluding carboxylic acids is 2. The lowest BCUT2D eigenvalue weighted by Gasteiger charge is -2.39. The fraction of sp³-hybridized carbons (Fsp3) is 0.273. The number of likely N-dealkylation sites (N-methyl/N-ethyl adjacent to an activating group) is 1. The number of anilines is 1. The molecule has 9 heteroatoms. The van der Waals surface area contributed by atoms with Gasteiger partial charge in [0.15, 0.2) is 17.3 Å². The van der Waals surface area contributed by atoms with Gasteiger partial charge in [-0.3, -0.25) is 14.6 Å². The number of hydrogen-bond donors (Lipinski definition) is 1. The number of carbonyl (C=O) groups is 2. The van der Waals surface area contributed by atoms with Gasteiger partial charge >= 0.3 is 0 Å². The quantitative estimate of drug-likeness (QED) is 0.674. The van der Waals surface area contributed by atoms with Gasteiger partial charge in [0.25, 0.3) is 5.91 Å². The first-order chi connectivity index (χ1) is 14.9. The third-order valence-corrected chi connectivity index (χ3v) is 5.36. The number of amides is 2. The van der Waals surface area contributed by atoms with Gasteiger partial charge in [0.05, 0.1) is 26.2 Å². The Kier molecular flexibility index (Phi) is 5.33. The van der Waals surface area contributed by atoms with Crippen molar-refractivity contribution in [1.82, 2.24) is 15.0 Å². The maximum absolute atomic E-state index is 13.5. The molecule has 2 unspecified atom stereocenters. The molecule has 1 aromatic carbocycles. The molecule has 0 aliphatic carbocycles. The first-order valence-corrected chi connectivity index (χ1v) is 9.61. The number of nitrogens with zero attached hydrogens (tertiary/aromatic N) is 3. The zero-order valence-electron chi connectivity index (χ0n) is 17.6. The summed E-state index contributed by atoms with van der Waals surface area (Å²) in [6.07, 6.45) is 3.30. The van der Waals surface area contributed by atoms with Crippen LogP contribution in [0.3, 0.4) is 0 Å². The van der Waals surface area contributed by atoms with Gasteiger partial charge in [0, 0.05) is 31.1 Å². The molecule has 2 amide bonds. The molecule has 2 aromatic heterocycles. The van der Waals surface area contributed by atoms with Crippen LogP contribution in [0.1, 0.15) is 39.2 Å². The molecule has 3 aromatic rings. The summed E-state index contributed by atoms with van der Waals surface area (Å²) >= 11 is 0. The van der Waals surface area contributed by atoms with Crippen molar-refractivity contribution in [3.63, 3.8) is 0 Å². The van der Waals surface area contributed by atoms with Crippen LogP contribution in [-0.4, -0.2) is 48.1 Å². The largest absolute Gasteiger partial charge is 0.493 e. The van der Waals surface area contributed by atoms with Crippen LogP contribution in [0.2, 0.25) is 0 Å². The van der Waals surface area contributed by atoms with Gasteiger partial charge in [-0.1, -0.05) is 11.2 Å². The Balaban J connectivity index is 1.88. The average Bonchev–Trinajstić information content (AvgIpc) is 3.19. The number of rotatable bonds is 5. The van der Waals surface area contributed by atoms with Crippen LogP contribution in [0.4, 0.5) is 5.82 Å². The van der Waals surface area contributed by atoms with Gasteiger partial charge in [0.2, 0.25) is 5.91 Å². The van der Waals surface area contributed by atoms with Crippen molar-refractivity contribution in [1.29, 1.82) is 0 Å². The highest BCUT2D eigenvalue weighted by atomic mass is 16.5. The van der Waals surface area contributed by atoms with Crippen molar-refractivity contribution in [2.24, 2.45) is 0 Å². The molecule has 9 nitrogen and oxygen atoms in total. The van der Waals surface area contributed by atoms with Gasteiger partial charge in [-0.2, -0.15) is 0 Å². The van der Waals surface area contributed by atoms with Gasteiger partial charge < -0.3 is 24.2 Å². The fourth-order valence-corrected chi connectivity index (χ4v) is 3.93. The van der Waals surface area contributed by atoms with Crippen molar-refractivity contribution in [3.05, 3.63) is 65.2 Å². The molecule has 1 aliphatic rings. The lowest BCUT2D eigenvalue weighted by atomic mass is 9.79. The minimum absolute atomic E-state index is 0.230. The average molecular weight is 422 g/mol. The summed E-state index contributed by atoms with van der Waals surface area (Å²) in [5.41, 5.74) is 1.64. The molecule has 1 aliphatic heterocycles. The lowest BCUT2D eigenvalue weighted by Crippen LogP contribution is -2.44. The number of nitrogens with one attached hydrogen (secondary N) is 1. The summed E-state index contributed by atoms with van der Waals surface area (Å²) in [6.45, 7) is 1.74. The van der Waals surface area contributed by atoms with Gasteiger partial charge in [0.1, 0.15) is 5.76 Å². The highest BCUT2D eigenvalue weighted by Crippen LogP contribution is 2.45. The molecule has 1 N–H and O–H groups in total. The van der Waals surface area contributed by atoms with Crippen LogP contribution in [0.15, 0.2) is 47.2 Å². The van der Waals surface area contributed by atoms with Crippen LogP contribution in [0.25, 0.3) is 0 Å².